The zero-order valence-corrected chi connectivity index (χ0v) is 21.8. The van der Waals surface area contributed by atoms with E-state index >= 15 is 0 Å². The average Bonchev–Trinajstić information content (AvgIpc) is 3.56. The Morgan fingerprint density at radius 3 is 2.92 bits per heavy atom. The number of fused-ring (bicyclic) bond motifs is 2. The van der Waals surface area contributed by atoms with Crippen molar-refractivity contribution in [3.63, 3.8) is 0 Å². The Bertz CT molecular complexity index is 1440. The first-order valence-corrected chi connectivity index (χ1v) is 13.3. The Kier molecular flexibility index (Phi) is 6.15. The van der Waals surface area contributed by atoms with Crippen LogP contribution in [0.15, 0.2) is 36.7 Å². The number of halogens is 1. The summed E-state index contributed by atoms with van der Waals surface area (Å²) in [6.45, 7) is 3.07. The number of ether oxygens (including phenoxy) is 1. The van der Waals surface area contributed by atoms with Gasteiger partial charge in [-0.3, -0.25) is 14.5 Å². The van der Waals surface area contributed by atoms with E-state index in [0.717, 1.165) is 64.5 Å². The van der Waals surface area contributed by atoms with Crippen LogP contribution in [0.1, 0.15) is 22.6 Å². The van der Waals surface area contributed by atoms with Crippen molar-refractivity contribution in [3.05, 3.63) is 57.8 Å². The van der Waals surface area contributed by atoms with E-state index in [-0.39, 0.29) is 12.1 Å². The lowest BCUT2D eigenvalue weighted by Crippen LogP contribution is -2.47. The number of rotatable bonds is 6. The summed E-state index contributed by atoms with van der Waals surface area (Å²) in [7, 11) is 3.95. The fourth-order valence-electron chi connectivity index (χ4n) is 5.66. The number of hydrogen-bond donors (Lipinski definition) is 0. The van der Waals surface area contributed by atoms with E-state index in [0.29, 0.717) is 12.9 Å². The molecule has 2 atom stereocenters. The summed E-state index contributed by atoms with van der Waals surface area (Å²) in [5.74, 6) is 0. The molecule has 1 saturated heterocycles. The highest BCUT2D eigenvalue weighted by molar-refractivity contribution is 7.19. The van der Waals surface area contributed by atoms with Gasteiger partial charge in [-0.1, -0.05) is 16.8 Å². The number of thiophene rings is 1. The second kappa shape index (κ2) is 9.46. The minimum absolute atomic E-state index is 0.0899. The fraction of sp³-hybridized carbons (Fsp3) is 0.385. The van der Waals surface area contributed by atoms with Crippen molar-refractivity contribution in [1.29, 1.82) is 0 Å². The summed E-state index contributed by atoms with van der Waals surface area (Å²) in [4.78, 5) is 21.8. The third-order valence-electron chi connectivity index (χ3n) is 7.09. The van der Waals surface area contributed by atoms with Crippen LogP contribution in [0.4, 0.5) is 5.69 Å². The number of benzene rings is 1. The van der Waals surface area contributed by atoms with Gasteiger partial charge >= 0.3 is 0 Å². The molecule has 186 valence electrons. The molecule has 1 unspecified atom stereocenters. The molecule has 0 aliphatic carbocycles. The van der Waals surface area contributed by atoms with Gasteiger partial charge in [0.05, 0.1) is 22.0 Å². The second-order valence-corrected chi connectivity index (χ2v) is 11.2. The van der Waals surface area contributed by atoms with Gasteiger partial charge in [0.15, 0.2) is 0 Å². The van der Waals surface area contributed by atoms with Gasteiger partial charge in [-0.05, 0) is 49.7 Å². The van der Waals surface area contributed by atoms with E-state index in [4.69, 9.17) is 16.3 Å². The molecule has 8 nitrogen and oxygen atoms in total. The van der Waals surface area contributed by atoms with E-state index in [1.54, 1.807) is 16.0 Å². The molecule has 3 aromatic heterocycles. The van der Waals surface area contributed by atoms with E-state index < -0.39 is 0 Å². The van der Waals surface area contributed by atoms with Crippen molar-refractivity contribution in [2.45, 2.75) is 31.4 Å². The van der Waals surface area contributed by atoms with Crippen molar-refractivity contribution in [2.24, 2.45) is 7.05 Å². The predicted molar refractivity (Wildman–Crippen MR) is 142 cm³/mol. The molecule has 0 saturated carbocycles. The number of aryl methyl sites for hydroxylation is 2. The quantitative estimate of drug-likeness (QED) is 0.355. The van der Waals surface area contributed by atoms with E-state index in [2.05, 4.69) is 56.4 Å². The first-order valence-electron chi connectivity index (χ1n) is 12.1. The minimum atomic E-state index is -0.167. The summed E-state index contributed by atoms with van der Waals surface area (Å²) in [5.41, 5.74) is 6.57. The van der Waals surface area contributed by atoms with Crippen LogP contribution in [0, 0.1) is 0 Å². The molecule has 5 heterocycles. The summed E-state index contributed by atoms with van der Waals surface area (Å²) in [6.07, 6.45) is 6.37. The highest BCUT2D eigenvalue weighted by Gasteiger charge is 2.39. The van der Waals surface area contributed by atoms with Crippen molar-refractivity contribution < 1.29 is 9.53 Å². The molecule has 1 aromatic carbocycles. The van der Waals surface area contributed by atoms with Gasteiger partial charge in [-0.25, -0.2) is 0 Å². The molecule has 36 heavy (non-hydrogen) atoms. The van der Waals surface area contributed by atoms with Crippen molar-refractivity contribution >= 4 is 45.3 Å². The first kappa shape index (κ1) is 23.4. The van der Waals surface area contributed by atoms with E-state index in [1.807, 2.05) is 19.4 Å². The van der Waals surface area contributed by atoms with Crippen LogP contribution in [-0.2, 0) is 29.4 Å². The summed E-state index contributed by atoms with van der Waals surface area (Å²) < 4.78 is 8.40. The topological polar surface area (TPSA) is 76.4 Å². The number of aromatic nitrogens is 4. The molecule has 4 aromatic rings. The smallest absolute Gasteiger partial charge is 0.293 e. The molecule has 0 bridgehead atoms. The van der Waals surface area contributed by atoms with Gasteiger partial charge in [0.25, 0.3) is 6.47 Å². The molecule has 0 spiro atoms. The molecule has 2 aliphatic heterocycles. The van der Waals surface area contributed by atoms with E-state index in [1.165, 1.54) is 16.1 Å². The zero-order valence-electron chi connectivity index (χ0n) is 20.2. The van der Waals surface area contributed by atoms with Crippen LogP contribution in [0.25, 0.3) is 21.3 Å². The van der Waals surface area contributed by atoms with Crippen molar-refractivity contribution in [1.82, 2.24) is 24.9 Å². The van der Waals surface area contributed by atoms with Crippen LogP contribution < -0.4 is 4.90 Å². The SMILES string of the molecule is CN1CC(OC=O)[C@@H](N2CCCc3cc(Cl)cc(-c4ccnc5cc(Cc6cn(C)nn6)sc45)c32)C1. The van der Waals surface area contributed by atoms with Gasteiger partial charge in [-0.2, -0.15) is 0 Å². The maximum Gasteiger partial charge on any atom is 0.293 e. The third kappa shape index (κ3) is 4.25. The highest BCUT2D eigenvalue weighted by Crippen LogP contribution is 2.45. The number of anilines is 1. The van der Waals surface area contributed by atoms with Crippen LogP contribution in [0.3, 0.4) is 0 Å². The molecular weight excluding hydrogens is 496 g/mol. The van der Waals surface area contributed by atoms with Crippen molar-refractivity contribution in [3.8, 4) is 11.1 Å². The number of nitrogens with zero attached hydrogens (tertiary/aromatic N) is 6. The number of likely N-dealkylation sites (tertiary alicyclic amines) is 1. The second-order valence-electron chi connectivity index (χ2n) is 9.66. The van der Waals surface area contributed by atoms with Gasteiger partial charge < -0.3 is 14.5 Å². The number of pyridine rings is 1. The highest BCUT2D eigenvalue weighted by atomic mass is 35.5. The summed E-state index contributed by atoms with van der Waals surface area (Å²) in [6, 6.07) is 8.49. The molecule has 0 radical (unpaired) electrons. The Labute approximate surface area is 218 Å². The normalized spacial score (nSPS) is 20.1. The van der Waals surface area contributed by atoms with Crippen LogP contribution >= 0.6 is 22.9 Å². The lowest BCUT2D eigenvalue weighted by molar-refractivity contribution is -0.133. The van der Waals surface area contributed by atoms with E-state index in [9.17, 15) is 4.79 Å². The minimum Gasteiger partial charge on any atom is -0.461 e. The van der Waals surface area contributed by atoms with Crippen LogP contribution in [0.2, 0.25) is 5.02 Å². The van der Waals surface area contributed by atoms with Crippen LogP contribution in [0.5, 0.6) is 0 Å². The lowest BCUT2D eigenvalue weighted by Gasteiger charge is -2.39. The Morgan fingerprint density at radius 1 is 1.22 bits per heavy atom. The number of carbonyl (C=O) groups is 1. The van der Waals surface area contributed by atoms with Gasteiger partial charge in [0, 0.05) is 72.2 Å². The molecule has 6 rings (SSSR count). The summed E-state index contributed by atoms with van der Waals surface area (Å²) >= 11 is 8.42. The predicted octanol–water partition coefficient (Wildman–Crippen LogP) is 3.94. The maximum atomic E-state index is 11.3. The first-order chi connectivity index (χ1) is 17.5. The zero-order chi connectivity index (χ0) is 24.8. The fourth-order valence-corrected chi connectivity index (χ4v) is 7.06. The molecule has 0 amide bonds. The van der Waals surface area contributed by atoms with Gasteiger partial charge in [0.1, 0.15) is 6.10 Å². The van der Waals surface area contributed by atoms with Gasteiger partial charge in [-0.15, -0.1) is 16.4 Å². The molecule has 2 aliphatic rings. The Balaban J connectivity index is 1.46. The standard InChI is InChI=1S/C26H27ClN6O2S/c1-31-13-23(24(14-31)35-15-34)33-7-3-4-16-8-17(27)9-21(25(16)33)20-5-6-28-22-11-19(36-26(20)22)10-18-12-32(2)30-29-18/h5-6,8-9,11-12,15,23-24H,3-4,7,10,13-14H2,1-2H3/t23-,24?/m0/s1. The number of carbonyl (C=O) groups excluding carboxylic acids is 1. The average molecular weight is 523 g/mol. The Hall–Kier alpha value is -3.01. The Morgan fingerprint density at radius 2 is 2.11 bits per heavy atom. The number of likely N-dealkylation sites (N-methyl/N-ethyl adjacent to an activating group) is 1. The lowest BCUT2D eigenvalue weighted by atomic mass is 9.92. The molecular formula is C26H27ClN6O2S. The third-order valence-corrected chi connectivity index (χ3v) is 8.47. The monoisotopic (exact) mass is 522 g/mol. The van der Waals surface area contributed by atoms with Gasteiger partial charge in [0.2, 0.25) is 0 Å². The largest absolute Gasteiger partial charge is 0.461 e. The molecule has 10 heteroatoms. The summed E-state index contributed by atoms with van der Waals surface area (Å²) in [5, 5.41) is 9.04. The van der Waals surface area contributed by atoms with Crippen molar-refractivity contribution in [2.75, 3.05) is 31.6 Å². The van der Waals surface area contributed by atoms with Crippen LogP contribution in [-0.4, -0.2) is 70.2 Å². The maximum absolute atomic E-state index is 11.3. The molecule has 0 N–H and O–H groups in total. The number of hydrogen-bond acceptors (Lipinski definition) is 8. The molecule has 1 fully saturated rings.